The maximum absolute atomic E-state index is 12.8. The Hall–Kier alpha value is -3.16. The van der Waals surface area contributed by atoms with Gasteiger partial charge >= 0.3 is 18.6 Å². The Balaban J connectivity index is 2.67. The number of halogens is 2. The molecule has 6 nitrogen and oxygen atoms in total. The van der Waals surface area contributed by atoms with Crippen LogP contribution in [0.25, 0.3) is 0 Å². The van der Waals surface area contributed by atoms with Gasteiger partial charge in [-0.05, 0) is 19.9 Å². The number of nitrogens with one attached hydrogen (secondary N) is 1. The first-order valence-corrected chi connectivity index (χ1v) is 8.01. The first kappa shape index (κ1) is 20.2. The average Bonchev–Trinajstić information content (AvgIpc) is 2.58. The Labute approximate surface area is 154 Å². The van der Waals surface area contributed by atoms with Gasteiger partial charge in [-0.3, -0.25) is 0 Å². The number of aliphatic carboxylic acids is 1. The molecule has 2 rings (SSSR count). The number of allylic oxidation sites excluding steroid dienone is 2. The van der Waals surface area contributed by atoms with Crippen LogP contribution < -0.4 is 10.1 Å². The zero-order valence-electron chi connectivity index (χ0n) is 14.8. The van der Waals surface area contributed by atoms with Crippen LogP contribution in [0, 0.1) is 0 Å². The SMILES string of the molecule is C=CCOC(=O)C1=C(C)NC(C)=C(C(=O)O)C1c1ccccc1OC(F)F. The summed E-state index contributed by atoms with van der Waals surface area (Å²) in [7, 11) is 0. The van der Waals surface area contributed by atoms with E-state index in [1.807, 2.05) is 0 Å². The van der Waals surface area contributed by atoms with E-state index < -0.39 is 24.5 Å². The van der Waals surface area contributed by atoms with Crippen LogP contribution in [0.15, 0.2) is 59.5 Å². The minimum Gasteiger partial charge on any atom is -0.478 e. The van der Waals surface area contributed by atoms with E-state index in [1.165, 1.54) is 31.2 Å². The van der Waals surface area contributed by atoms with Gasteiger partial charge in [0, 0.05) is 17.0 Å². The van der Waals surface area contributed by atoms with Crippen LogP contribution in [0.4, 0.5) is 8.78 Å². The highest BCUT2D eigenvalue weighted by Crippen LogP contribution is 2.42. The standard InChI is InChI=1S/C19H19F2NO5/c1-4-9-26-18(25)15-11(3)22-10(2)14(17(23)24)16(15)12-7-5-6-8-13(12)27-19(20)21/h4-8,16,19,22H,1,9H2,2-3H3,(H,23,24). The molecule has 1 aliphatic rings. The molecule has 1 unspecified atom stereocenters. The second-order valence-corrected chi connectivity index (χ2v) is 5.74. The number of rotatable bonds is 7. The molecule has 1 aromatic carbocycles. The number of dihydropyridines is 1. The van der Waals surface area contributed by atoms with E-state index >= 15 is 0 Å². The number of para-hydroxylation sites is 1. The number of hydrogen-bond donors (Lipinski definition) is 2. The van der Waals surface area contributed by atoms with Crippen molar-refractivity contribution in [3.63, 3.8) is 0 Å². The first-order chi connectivity index (χ1) is 12.8. The fourth-order valence-corrected chi connectivity index (χ4v) is 2.99. The molecule has 1 aromatic rings. The minimum atomic E-state index is -3.10. The Morgan fingerprint density at radius 3 is 2.48 bits per heavy atom. The van der Waals surface area contributed by atoms with E-state index in [-0.39, 0.29) is 34.8 Å². The topological polar surface area (TPSA) is 84.9 Å². The molecule has 1 aliphatic heterocycles. The Bertz CT molecular complexity index is 829. The van der Waals surface area contributed by atoms with Crippen molar-refractivity contribution in [3.05, 3.63) is 65.0 Å². The molecular formula is C19H19F2NO5. The lowest BCUT2D eigenvalue weighted by atomic mass is 9.80. The smallest absolute Gasteiger partial charge is 0.387 e. The zero-order valence-corrected chi connectivity index (χ0v) is 14.8. The molecule has 0 aromatic heterocycles. The molecule has 0 bridgehead atoms. The summed E-state index contributed by atoms with van der Waals surface area (Å²) >= 11 is 0. The third-order valence-electron chi connectivity index (χ3n) is 3.99. The molecular weight excluding hydrogens is 360 g/mol. The number of hydrogen-bond acceptors (Lipinski definition) is 5. The lowest BCUT2D eigenvalue weighted by Crippen LogP contribution is -2.32. The van der Waals surface area contributed by atoms with Crippen molar-refractivity contribution in [2.45, 2.75) is 26.4 Å². The summed E-state index contributed by atoms with van der Waals surface area (Å²) < 4.78 is 35.3. The van der Waals surface area contributed by atoms with E-state index in [2.05, 4.69) is 16.6 Å². The summed E-state index contributed by atoms with van der Waals surface area (Å²) in [6, 6.07) is 5.76. The predicted octanol–water partition coefficient (Wildman–Crippen LogP) is 3.34. The number of carboxylic acid groups (broad SMARTS) is 1. The van der Waals surface area contributed by atoms with Gasteiger partial charge in [0.15, 0.2) is 0 Å². The molecule has 8 heteroatoms. The van der Waals surface area contributed by atoms with Gasteiger partial charge < -0.3 is 19.9 Å². The molecule has 0 radical (unpaired) electrons. The summed E-state index contributed by atoms with van der Waals surface area (Å²) in [6.45, 7) is 3.39. The number of carboxylic acids is 1. The van der Waals surface area contributed by atoms with E-state index in [0.717, 1.165) is 0 Å². The maximum atomic E-state index is 12.8. The van der Waals surface area contributed by atoms with Crippen LogP contribution >= 0.6 is 0 Å². The van der Waals surface area contributed by atoms with Gasteiger partial charge in [0.2, 0.25) is 0 Å². The average molecular weight is 379 g/mol. The molecule has 27 heavy (non-hydrogen) atoms. The number of carbonyl (C=O) groups excluding carboxylic acids is 1. The highest BCUT2D eigenvalue weighted by molar-refractivity contribution is 5.99. The van der Waals surface area contributed by atoms with Crippen molar-refractivity contribution >= 4 is 11.9 Å². The highest BCUT2D eigenvalue weighted by Gasteiger charge is 2.38. The van der Waals surface area contributed by atoms with Crippen LogP contribution in [0.5, 0.6) is 5.75 Å². The lowest BCUT2D eigenvalue weighted by Gasteiger charge is -2.30. The first-order valence-electron chi connectivity index (χ1n) is 8.01. The van der Waals surface area contributed by atoms with Gasteiger partial charge in [-0.2, -0.15) is 8.78 Å². The van der Waals surface area contributed by atoms with Gasteiger partial charge in [-0.15, -0.1) is 0 Å². The van der Waals surface area contributed by atoms with Crippen LogP contribution in [0.3, 0.4) is 0 Å². The second kappa shape index (κ2) is 8.48. The summed E-state index contributed by atoms with van der Waals surface area (Å²) in [5, 5.41) is 12.5. The minimum absolute atomic E-state index is 0.00478. The fraction of sp³-hybridized carbons (Fsp3) is 0.263. The van der Waals surface area contributed by atoms with Crippen molar-refractivity contribution in [2.75, 3.05) is 6.61 Å². The van der Waals surface area contributed by atoms with Gasteiger partial charge in [0.1, 0.15) is 12.4 Å². The van der Waals surface area contributed by atoms with Crippen LogP contribution in [0.1, 0.15) is 25.3 Å². The van der Waals surface area contributed by atoms with E-state index in [4.69, 9.17) is 4.74 Å². The lowest BCUT2D eigenvalue weighted by molar-refractivity contribution is -0.138. The quantitative estimate of drug-likeness (QED) is 0.558. The highest BCUT2D eigenvalue weighted by atomic mass is 19.3. The Morgan fingerprint density at radius 2 is 1.89 bits per heavy atom. The predicted molar refractivity (Wildman–Crippen MR) is 93.1 cm³/mol. The van der Waals surface area contributed by atoms with E-state index in [0.29, 0.717) is 5.70 Å². The van der Waals surface area contributed by atoms with Crippen molar-refractivity contribution in [2.24, 2.45) is 0 Å². The number of carbonyl (C=O) groups is 2. The fourth-order valence-electron chi connectivity index (χ4n) is 2.99. The monoisotopic (exact) mass is 379 g/mol. The van der Waals surface area contributed by atoms with Crippen LogP contribution in [-0.2, 0) is 14.3 Å². The third kappa shape index (κ3) is 4.33. The molecule has 0 aliphatic carbocycles. The zero-order chi connectivity index (χ0) is 20.1. The van der Waals surface area contributed by atoms with Crippen LogP contribution in [0.2, 0.25) is 0 Å². The largest absolute Gasteiger partial charge is 0.478 e. The summed E-state index contributed by atoms with van der Waals surface area (Å²) in [5.41, 5.74) is 0.628. The number of benzene rings is 1. The van der Waals surface area contributed by atoms with Crippen molar-refractivity contribution in [1.29, 1.82) is 0 Å². The van der Waals surface area contributed by atoms with Gasteiger partial charge in [-0.1, -0.05) is 30.9 Å². The summed E-state index contributed by atoms with van der Waals surface area (Å²) in [6.07, 6.45) is 1.37. The number of alkyl halides is 2. The number of ether oxygens (including phenoxy) is 2. The molecule has 0 saturated carbocycles. The second-order valence-electron chi connectivity index (χ2n) is 5.74. The molecule has 0 amide bonds. The molecule has 0 fully saturated rings. The van der Waals surface area contributed by atoms with Crippen molar-refractivity contribution in [1.82, 2.24) is 5.32 Å². The molecule has 1 heterocycles. The Morgan fingerprint density at radius 1 is 1.26 bits per heavy atom. The molecule has 1 atom stereocenters. The normalized spacial score (nSPS) is 16.9. The van der Waals surface area contributed by atoms with Crippen molar-refractivity contribution < 1.29 is 33.0 Å². The molecule has 2 N–H and O–H groups in total. The molecule has 0 spiro atoms. The molecule has 0 saturated heterocycles. The van der Waals surface area contributed by atoms with Crippen LogP contribution in [-0.4, -0.2) is 30.3 Å². The van der Waals surface area contributed by atoms with E-state index in [9.17, 15) is 23.5 Å². The van der Waals surface area contributed by atoms with Gasteiger partial charge in [0.05, 0.1) is 17.1 Å². The summed E-state index contributed by atoms with van der Waals surface area (Å²) in [4.78, 5) is 24.5. The number of esters is 1. The van der Waals surface area contributed by atoms with E-state index in [1.54, 1.807) is 13.0 Å². The maximum Gasteiger partial charge on any atom is 0.387 e. The third-order valence-corrected chi connectivity index (χ3v) is 3.99. The van der Waals surface area contributed by atoms with Gasteiger partial charge in [-0.25, -0.2) is 9.59 Å². The van der Waals surface area contributed by atoms with Crippen molar-refractivity contribution in [3.8, 4) is 5.75 Å². The Kier molecular flexibility index (Phi) is 6.33. The van der Waals surface area contributed by atoms with Gasteiger partial charge in [0.25, 0.3) is 0 Å². The summed E-state index contributed by atoms with van der Waals surface area (Å²) in [5.74, 6) is -3.43. The molecule has 144 valence electrons.